The summed E-state index contributed by atoms with van der Waals surface area (Å²) >= 11 is 0. The normalized spacial score (nSPS) is 21.6. The number of rotatable bonds is 5. The fourth-order valence-electron chi connectivity index (χ4n) is 4.62. The molecule has 29 heavy (non-hydrogen) atoms. The van der Waals surface area contributed by atoms with Gasteiger partial charge < -0.3 is 15.5 Å². The van der Waals surface area contributed by atoms with Crippen molar-refractivity contribution in [3.05, 3.63) is 54.1 Å². The van der Waals surface area contributed by atoms with Gasteiger partial charge in [-0.2, -0.15) is 0 Å². The molecule has 4 rings (SSSR count). The third-order valence-corrected chi connectivity index (χ3v) is 5.90. The molecule has 0 aromatic heterocycles. The molecule has 2 aromatic carbocycles. The van der Waals surface area contributed by atoms with E-state index >= 15 is 0 Å². The molecule has 0 radical (unpaired) electrons. The second kappa shape index (κ2) is 7.87. The molecule has 2 N–H and O–H groups in total. The van der Waals surface area contributed by atoms with Gasteiger partial charge in [0.05, 0.1) is 6.04 Å². The first kappa shape index (κ1) is 19.5. The Balaban J connectivity index is 1.66. The van der Waals surface area contributed by atoms with E-state index in [0.29, 0.717) is 6.54 Å². The van der Waals surface area contributed by atoms with Crippen LogP contribution in [0.25, 0.3) is 11.1 Å². The number of carbonyl (C=O) groups is 2. The van der Waals surface area contributed by atoms with E-state index in [1.54, 1.807) is 4.90 Å². The molecule has 2 atom stereocenters. The minimum atomic E-state index is -0.602. The number of carbonyl (C=O) groups excluding carboxylic acids is 2. The van der Waals surface area contributed by atoms with Crippen molar-refractivity contribution < 1.29 is 9.59 Å². The zero-order valence-electron chi connectivity index (χ0n) is 17.0. The zero-order valence-corrected chi connectivity index (χ0v) is 17.0. The number of amides is 3. The molecule has 0 bridgehead atoms. The van der Waals surface area contributed by atoms with Gasteiger partial charge in [0.15, 0.2) is 0 Å². The quantitative estimate of drug-likeness (QED) is 0.850. The highest BCUT2D eigenvalue weighted by molar-refractivity contribution is 6.03. The Morgan fingerprint density at radius 3 is 2.52 bits per heavy atom. The van der Waals surface area contributed by atoms with Gasteiger partial charge in [0, 0.05) is 18.8 Å². The number of hydrogen-bond donors (Lipinski definition) is 1. The van der Waals surface area contributed by atoms with Crippen LogP contribution in [0, 0.1) is 0 Å². The van der Waals surface area contributed by atoms with Gasteiger partial charge >= 0.3 is 6.03 Å². The number of benzene rings is 2. The average Bonchev–Trinajstić information content (AvgIpc) is 3.01. The SMILES string of the molecule is CN(C)Cc1ccccc1-c1ccc(N2C(=O)N3CCCC[C@@H]3C2C(N)=O)cc1. The Hall–Kier alpha value is -2.86. The zero-order chi connectivity index (χ0) is 20.5. The molecule has 6 heteroatoms. The van der Waals surface area contributed by atoms with Crippen molar-refractivity contribution in [3.8, 4) is 11.1 Å². The van der Waals surface area contributed by atoms with E-state index in [2.05, 4.69) is 31.1 Å². The van der Waals surface area contributed by atoms with Crippen LogP contribution < -0.4 is 10.6 Å². The van der Waals surface area contributed by atoms with Crippen LogP contribution in [0.1, 0.15) is 24.8 Å². The fraction of sp³-hybridized carbons (Fsp3) is 0.391. The number of urea groups is 1. The Morgan fingerprint density at radius 1 is 1.10 bits per heavy atom. The van der Waals surface area contributed by atoms with Gasteiger partial charge in [-0.25, -0.2) is 4.79 Å². The van der Waals surface area contributed by atoms with E-state index < -0.39 is 11.9 Å². The maximum atomic E-state index is 13.0. The van der Waals surface area contributed by atoms with Crippen LogP contribution in [-0.4, -0.2) is 54.5 Å². The summed E-state index contributed by atoms with van der Waals surface area (Å²) in [5, 5.41) is 0. The lowest BCUT2D eigenvalue weighted by atomic mass is 9.96. The van der Waals surface area contributed by atoms with E-state index in [4.69, 9.17) is 5.73 Å². The molecule has 2 heterocycles. The van der Waals surface area contributed by atoms with E-state index in [-0.39, 0.29) is 12.1 Å². The molecule has 0 aliphatic carbocycles. The van der Waals surface area contributed by atoms with Gasteiger partial charge in [0.25, 0.3) is 0 Å². The van der Waals surface area contributed by atoms with E-state index in [1.165, 1.54) is 11.1 Å². The Bertz CT molecular complexity index is 909. The predicted molar refractivity (Wildman–Crippen MR) is 114 cm³/mol. The summed E-state index contributed by atoms with van der Waals surface area (Å²) in [4.78, 5) is 30.8. The predicted octanol–water partition coefficient (Wildman–Crippen LogP) is 3.06. The summed E-state index contributed by atoms with van der Waals surface area (Å²) < 4.78 is 0. The summed E-state index contributed by atoms with van der Waals surface area (Å²) in [6.45, 7) is 1.54. The number of piperidine rings is 1. The molecule has 2 aromatic rings. The number of nitrogens with zero attached hydrogens (tertiary/aromatic N) is 3. The van der Waals surface area contributed by atoms with Crippen molar-refractivity contribution in [2.24, 2.45) is 5.73 Å². The minimum Gasteiger partial charge on any atom is -0.368 e. The minimum absolute atomic E-state index is 0.112. The van der Waals surface area contributed by atoms with Crippen LogP contribution in [0.5, 0.6) is 0 Å². The van der Waals surface area contributed by atoms with Crippen LogP contribution in [0.15, 0.2) is 48.5 Å². The first-order chi connectivity index (χ1) is 14.0. The molecule has 0 spiro atoms. The van der Waals surface area contributed by atoms with Crippen molar-refractivity contribution in [1.29, 1.82) is 0 Å². The van der Waals surface area contributed by atoms with Crippen molar-refractivity contribution in [2.75, 3.05) is 25.5 Å². The number of anilines is 1. The standard InChI is InChI=1S/C23H28N4O2/c1-25(2)15-17-7-3-4-8-19(17)16-10-12-18(13-11-16)27-21(22(24)28)20-9-5-6-14-26(20)23(27)29/h3-4,7-8,10-13,20-21H,5-6,9,14-15H2,1-2H3,(H2,24,28)/t20-,21?/m1/s1. The largest absolute Gasteiger partial charge is 0.368 e. The maximum Gasteiger partial charge on any atom is 0.325 e. The Labute approximate surface area is 171 Å². The summed E-state index contributed by atoms with van der Waals surface area (Å²) in [5.41, 5.74) is 9.95. The van der Waals surface area contributed by atoms with E-state index in [0.717, 1.165) is 37.1 Å². The van der Waals surface area contributed by atoms with Crippen molar-refractivity contribution in [2.45, 2.75) is 37.9 Å². The van der Waals surface area contributed by atoms with Gasteiger partial charge in [-0.05, 0) is 62.2 Å². The number of primary amides is 1. The second-order valence-corrected chi connectivity index (χ2v) is 8.20. The number of nitrogens with two attached hydrogens (primary N) is 1. The smallest absolute Gasteiger partial charge is 0.325 e. The van der Waals surface area contributed by atoms with E-state index in [9.17, 15) is 9.59 Å². The Kier molecular flexibility index (Phi) is 5.28. The molecule has 2 aliphatic heterocycles. The average molecular weight is 393 g/mol. The second-order valence-electron chi connectivity index (χ2n) is 8.20. The maximum absolute atomic E-state index is 13.0. The highest BCUT2D eigenvalue weighted by Crippen LogP contribution is 2.35. The molecular weight excluding hydrogens is 364 g/mol. The fourth-order valence-corrected chi connectivity index (χ4v) is 4.62. The summed E-state index contributed by atoms with van der Waals surface area (Å²) in [6.07, 6.45) is 2.82. The molecule has 0 saturated carbocycles. The molecule has 6 nitrogen and oxygen atoms in total. The highest BCUT2D eigenvalue weighted by atomic mass is 16.2. The van der Waals surface area contributed by atoms with Crippen molar-refractivity contribution >= 4 is 17.6 Å². The highest BCUT2D eigenvalue weighted by Gasteiger charge is 2.49. The van der Waals surface area contributed by atoms with Crippen LogP contribution in [0.2, 0.25) is 0 Å². The van der Waals surface area contributed by atoms with Crippen LogP contribution in [0.4, 0.5) is 10.5 Å². The van der Waals surface area contributed by atoms with Crippen molar-refractivity contribution in [1.82, 2.24) is 9.80 Å². The molecule has 3 amide bonds. The van der Waals surface area contributed by atoms with Gasteiger partial charge in [0.2, 0.25) is 5.91 Å². The van der Waals surface area contributed by atoms with Crippen LogP contribution >= 0.6 is 0 Å². The lowest BCUT2D eigenvalue weighted by molar-refractivity contribution is -0.119. The van der Waals surface area contributed by atoms with Crippen LogP contribution in [-0.2, 0) is 11.3 Å². The molecule has 1 unspecified atom stereocenters. The summed E-state index contributed by atoms with van der Waals surface area (Å²) in [7, 11) is 4.11. The van der Waals surface area contributed by atoms with Gasteiger partial charge in [-0.3, -0.25) is 9.69 Å². The Morgan fingerprint density at radius 2 is 1.83 bits per heavy atom. The number of fused-ring (bicyclic) bond motifs is 1. The molecular formula is C23H28N4O2. The third kappa shape index (κ3) is 3.60. The molecule has 152 valence electrons. The van der Waals surface area contributed by atoms with Crippen LogP contribution in [0.3, 0.4) is 0 Å². The molecule has 2 saturated heterocycles. The van der Waals surface area contributed by atoms with Crippen molar-refractivity contribution in [3.63, 3.8) is 0 Å². The van der Waals surface area contributed by atoms with Gasteiger partial charge in [-0.15, -0.1) is 0 Å². The monoisotopic (exact) mass is 392 g/mol. The lowest BCUT2D eigenvalue weighted by Crippen LogP contribution is -2.48. The topological polar surface area (TPSA) is 69.9 Å². The summed E-state index contributed by atoms with van der Waals surface area (Å²) in [6, 6.07) is 15.4. The van der Waals surface area contributed by atoms with Gasteiger partial charge in [0.1, 0.15) is 6.04 Å². The molecule has 2 fully saturated rings. The third-order valence-electron chi connectivity index (χ3n) is 5.90. The van der Waals surface area contributed by atoms with Gasteiger partial charge in [-0.1, -0.05) is 36.4 Å². The first-order valence-electron chi connectivity index (χ1n) is 10.2. The summed E-state index contributed by atoms with van der Waals surface area (Å²) in [5.74, 6) is -0.437. The van der Waals surface area contributed by atoms with E-state index in [1.807, 2.05) is 41.3 Å². The lowest BCUT2D eigenvalue weighted by Gasteiger charge is -2.29. The molecule has 2 aliphatic rings. The first-order valence-corrected chi connectivity index (χ1v) is 10.2. The number of hydrogen-bond acceptors (Lipinski definition) is 3.